The Balaban J connectivity index is 1.82. The summed E-state index contributed by atoms with van der Waals surface area (Å²) in [6, 6.07) is 9.56. The first kappa shape index (κ1) is 16.5. The van der Waals surface area contributed by atoms with Crippen molar-refractivity contribution < 1.29 is 4.79 Å². The van der Waals surface area contributed by atoms with E-state index in [0.717, 1.165) is 34.5 Å². The number of amides is 1. The van der Waals surface area contributed by atoms with E-state index >= 15 is 0 Å². The summed E-state index contributed by atoms with van der Waals surface area (Å²) in [4.78, 5) is 18.9. The maximum absolute atomic E-state index is 12.7. The van der Waals surface area contributed by atoms with Crippen LogP contribution in [0, 0.1) is 0 Å². The number of pyridine rings is 1. The van der Waals surface area contributed by atoms with Gasteiger partial charge in [0, 0.05) is 17.8 Å². The van der Waals surface area contributed by atoms with Crippen molar-refractivity contribution in [2.75, 3.05) is 11.4 Å². The molecular formula is C20H19ClN2O. The fourth-order valence-electron chi connectivity index (χ4n) is 2.90. The quantitative estimate of drug-likeness (QED) is 0.771. The molecule has 1 amide bonds. The summed E-state index contributed by atoms with van der Waals surface area (Å²) in [6.45, 7) is 6.41. The van der Waals surface area contributed by atoms with Gasteiger partial charge < -0.3 is 0 Å². The molecule has 0 saturated heterocycles. The third-order valence-corrected chi connectivity index (χ3v) is 4.60. The highest BCUT2D eigenvalue weighted by atomic mass is 35.5. The third-order valence-electron chi connectivity index (χ3n) is 4.23. The average Bonchev–Trinajstić information content (AvgIpc) is 3.00. The Morgan fingerprint density at radius 1 is 1.42 bits per heavy atom. The van der Waals surface area contributed by atoms with Gasteiger partial charge in [-0.05, 0) is 47.7 Å². The lowest BCUT2D eigenvalue weighted by Crippen LogP contribution is -2.31. The van der Waals surface area contributed by atoms with Gasteiger partial charge in [-0.15, -0.1) is 0 Å². The predicted octanol–water partition coefficient (Wildman–Crippen LogP) is 4.46. The zero-order chi connectivity index (χ0) is 17.1. The Kier molecular flexibility index (Phi) is 4.81. The predicted molar refractivity (Wildman–Crippen MR) is 99.3 cm³/mol. The Hall–Kier alpha value is -2.39. The highest BCUT2D eigenvalue weighted by Gasteiger charge is 2.26. The Morgan fingerprint density at radius 2 is 2.21 bits per heavy atom. The van der Waals surface area contributed by atoms with Crippen LogP contribution in [0.4, 0.5) is 5.82 Å². The average molecular weight is 339 g/mol. The van der Waals surface area contributed by atoms with Gasteiger partial charge in [-0.3, -0.25) is 9.69 Å². The van der Waals surface area contributed by atoms with Crippen molar-refractivity contribution in [2.45, 2.75) is 19.8 Å². The van der Waals surface area contributed by atoms with Crippen LogP contribution in [0.2, 0.25) is 5.02 Å². The summed E-state index contributed by atoms with van der Waals surface area (Å²) in [6.07, 6.45) is 6.65. The summed E-state index contributed by atoms with van der Waals surface area (Å²) < 4.78 is 0. The van der Waals surface area contributed by atoms with E-state index in [0.29, 0.717) is 11.6 Å². The number of carbonyl (C=O) groups excluding carboxylic acids is 1. The van der Waals surface area contributed by atoms with E-state index in [4.69, 9.17) is 11.6 Å². The largest absolute Gasteiger partial charge is 0.296 e. The summed E-state index contributed by atoms with van der Waals surface area (Å²) >= 11 is 6.16. The van der Waals surface area contributed by atoms with Gasteiger partial charge in [0.1, 0.15) is 5.82 Å². The number of hydrogen-bond donors (Lipinski definition) is 0. The summed E-state index contributed by atoms with van der Waals surface area (Å²) in [5, 5.41) is 0.624. The fourth-order valence-corrected chi connectivity index (χ4v) is 3.10. The molecule has 0 bridgehead atoms. The SMILES string of the molecule is C=C/C=C(\C)c1cnc2c(c1)CCN2C(=O)Cc1ccccc1Cl. The second-order valence-electron chi connectivity index (χ2n) is 5.86. The maximum atomic E-state index is 12.7. The molecular weight excluding hydrogens is 320 g/mol. The van der Waals surface area contributed by atoms with Crippen LogP contribution in [-0.4, -0.2) is 17.4 Å². The van der Waals surface area contributed by atoms with Crippen molar-refractivity contribution in [3.63, 3.8) is 0 Å². The molecule has 1 aliphatic heterocycles. The van der Waals surface area contributed by atoms with Crippen LogP contribution >= 0.6 is 11.6 Å². The Labute approximate surface area is 147 Å². The molecule has 3 nitrogen and oxygen atoms in total. The third kappa shape index (κ3) is 3.26. The monoisotopic (exact) mass is 338 g/mol. The van der Waals surface area contributed by atoms with E-state index in [1.54, 1.807) is 17.0 Å². The van der Waals surface area contributed by atoms with E-state index in [2.05, 4.69) is 17.6 Å². The number of carbonyl (C=O) groups is 1. The van der Waals surface area contributed by atoms with Crippen LogP contribution in [0.25, 0.3) is 5.57 Å². The molecule has 3 rings (SSSR count). The van der Waals surface area contributed by atoms with Crippen LogP contribution in [0.5, 0.6) is 0 Å². The molecule has 0 N–H and O–H groups in total. The lowest BCUT2D eigenvalue weighted by Gasteiger charge is -2.17. The number of halogens is 1. The lowest BCUT2D eigenvalue weighted by molar-refractivity contribution is -0.117. The number of nitrogens with zero attached hydrogens (tertiary/aromatic N) is 2. The molecule has 0 aliphatic carbocycles. The summed E-state index contributed by atoms with van der Waals surface area (Å²) in [7, 11) is 0. The van der Waals surface area contributed by atoms with Gasteiger partial charge >= 0.3 is 0 Å². The molecule has 122 valence electrons. The fraction of sp³-hybridized carbons (Fsp3) is 0.200. The molecule has 4 heteroatoms. The number of aromatic nitrogens is 1. The zero-order valence-electron chi connectivity index (χ0n) is 13.6. The van der Waals surface area contributed by atoms with E-state index in [-0.39, 0.29) is 12.3 Å². The molecule has 0 unspecified atom stereocenters. The molecule has 2 heterocycles. The number of allylic oxidation sites excluding steroid dienone is 3. The molecule has 1 aromatic carbocycles. The van der Waals surface area contributed by atoms with Crippen molar-refractivity contribution in [2.24, 2.45) is 0 Å². The molecule has 0 radical (unpaired) electrons. The van der Waals surface area contributed by atoms with E-state index in [9.17, 15) is 4.79 Å². The molecule has 0 fully saturated rings. The summed E-state index contributed by atoms with van der Waals surface area (Å²) in [5.74, 6) is 0.794. The Bertz CT molecular complexity index is 826. The number of rotatable bonds is 4. The highest BCUT2D eigenvalue weighted by Crippen LogP contribution is 2.29. The van der Waals surface area contributed by atoms with Gasteiger partial charge in [0.25, 0.3) is 0 Å². The standard InChI is InChI=1S/C20H19ClN2O/c1-3-6-14(2)17-11-16-9-10-23(20(16)22-13-17)19(24)12-15-7-4-5-8-18(15)21/h3-8,11,13H,1,9-10,12H2,2H3/b14-6+. The van der Waals surface area contributed by atoms with Gasteiger partial charge in [-0.2, -0.15) is 0 Å². The van der Waals surface area contributed by atoms with Crippen LogP contribution in [0.3, 0.4) is 0 Å². The van der Waals surface area contributed by atoms with E-state index < -0.39 is 0 Å². The van der Waals surface area contributed by atoms with Gasteiger partial charge in [-0.25, -0.2) is 4.98 Å². The molecule has 1 aromatic heterocycles. The van der Waals surface area contributed by atoms with Gasteiger partial charge in [-0.1, -0.05) is 48.5 Å². The minimum Gasteiger partial charge on any atom is -0.296 e. The van der Waals surface area contributed by atoms with Crippen molar-refractivity contribution in [1.82, 2.24) is 4.98 Å². The first-order valence-corrected chi connectivity index (χ1v) is 8.30. The first-order valence-electron chi connectivity index (χ1n) is 7.92. The second kappa shape index (κ2) is 7.02. The van der Waals surface area contributed by atoms with Gasteiger partial charge in [0.15, 0.2) is 0 Å². The minimum atomic E-state index is 0.0282. The van der Waals surface area contributed by atoms with Crippen molar-refractivity contribution in [3.05, 3.63) is 77.0 Å². The Morgan fingerprint density at radius 3 is 2.96 bits per heavy atom. The molecule has 0 saturated carbocycles. The topological polar surface area (TPSA) is 33.2 Å². The van der Waals surface area contributed by atoms with Crippen LogP contribution in [0.1, 0.15) is 23.6 Å². The minimum absolute atomic E-state index is 0.0282. The van der Waals surface area contributed by atoms with Crippen molar-refractivity contribution in [3.8, 4) is 0 Å². The normalized spacial score (nSPS) is 13.8. The summed E-state index contributed by atoms with van der Waals surface area (Å²) in [5.41, 5.74) is 4.13. The van der Waals surface area contributed by atoms with Crippen LogP contribution in [0.15, 0.2) is 55.3 Å². The number of anilines is 1. The molecule has 24 heavy (non-hydrogen) atoms. The van der Waals surface area contributed by atoms with Crippen molar-refractivity contribution >= 4 is 28.9 Å². The van der Waals surface area contributed by atoms with Crippen LogP contribution in [-0.2, 0) is 17.6 Å². The maximum Gasteiger partial charge on any atom is 0.232 e. The zero-order valence-corrected chi connectivity index (χ0v) is 14.4. The number of fused-ring (bicyclic) bond motifs is 1. The first-order chi connectivity index (χ1) is 11.6. The van der Waals surface area contributed by atoms with Gasteiger partial charge in [0.2, 0.25) is 5.91 Å². The van der Waals surface area contributed by atoms with Crippen molar-refractivity contribution in [1.29, 1.82) is 0 Å². The molecule has 0 atom stereocenters. The molecule has 1 aliphatic rings. The second-order valence-corrected chi connectivity index (χ2v) is 6.26. The number of hydrogen-bond acceptors (Lipinski definition) is 2. The molecule has 0 spiro atoms. The van der Waals surface area contributed by atoms with Crippen LogP contribution < -0.4 is 4.90 Å². The molecule has 2 aromatic rings. The lowest BCUT2D eigenvalue weighted by atomic mass is 10.1. The smallest absolute Gasteiger partial charge is 0.232 e. The highest BCUT2D eigenvalue weighted by molar-refractivity contribution is 6.31. The van der Waals surface area contributed by atoms with Gasteiger partial charge in [0.05, 0.1) is 6.42 Å². The number of benzene rings is 1. The van der Waals surface area contributed by atoms with E-state index in [1.165, 1.54) is 0 Å². The van der Waals surface area contributed by atoms with E-state index in [1.807, 2.05) is 37.4 Å².